The summed E-state index contributed by atoms with van der Waals surface area (Å²) in [6.45, 7) is 0.659. The van der Waals surface area contributed by atoms with Gasteiger partial charge in [0.05, 0.1) is 17.4 Å². The second-order valence-electron chi connectivity index (χ2n) is 7.32. The van der Waals surface area contributed by atoms with Crippen molar-refractivity contribution in [1.29, 1.82) is 0 Å². The SMILES string of the molecule is O=C1CC(c2ccccc2)N(C(=O)c2ccc(CS(=O)(=O)c3ccccc3)o2)CCN1. The minimum atomic E-state index is -3.59. The summed E-state index contributed by atoms with van der Waals surface area (Å²) in [5, 5.41) is 2.79. The molecule has 2 heterocycles. The monoisotopic (exact) mass is 438 g/mol. The van der Waals surface area contributed by atoms with Crippen LogP contribution in [-0.4, -0.2) is 38.2 Å². The molecular formula is C23H22N2O5S. The van der Waals surface area contributed by atoms with Gasteiger partial charge in [-0.1, -0.05) is 48.5 Å². The van der Waals surface area contributed by atoms with Crippen molar-refractivity contribution in [3.8, 4) is 0 Å². The van der Waals surface area contributed by atoms with Gasteiger partial charge in [-0.2, -0.15) is 0 Å². The summed E-state index contributed by atoms with van der Waals surface area (Å²) in [6.07, 6.45) is 0.145. The van der Waals surface area contributed by atoms with E-state index in [0.717, 1.165) is 5.56 Å². The van der Waals surface area contributed by atoms with Crippen LogP contribution in [0.3, 0.4) is 0 Å². The molecule has 1 aliphatic heterocycles. The first-order valence-electron chi connectivity index (χ1n) is 9.93. The van der Waals surface area contributed by atoms with Gasteiger partial charge in [-0.25, -0.2) is 8.42 Å². The second-order valence-corrected chi connectivity index (χ2v) is 9.31. The summed E-state index contributed by atoms with van der Waals surface area (Å²) in [4.78, 5) is 27.2. The molecule has 4 rings (SSSR count). The van der Waals surface area contributed by atoms with Crippen molar-refractivity contribution in [2.75, 3.05) is 13.1 Å². The fourth-order valence-electron chi connectivity index (χ4n) is 3.66. The van der Waals surface area contributed by atoms with Crippen molar-refractivity contribution in [1.82, 2.24) is 10.2 Å². The number of furan rings is 1. The molecular weight excluding hydrogens is 416 g/mol. The molecule has 2 amide bonds. The molecule has 1 saturated heterocycles. The van der Waals surface area contributed by atoms with Crippen LogP contribution in [0.25, 0.3) is 0 Å². The van der Waals surface area contributed by atoms with Crippen LogP contribution in [0.5, 0.6) is 0 Å². The molecule has 8 heteroatoms. The Morgan fingerprint density at radius 3 is 2.39 bits per heavy atom. The average Bonchev–Trinajstić information content (AvgIpc) is 3.14. The number of carbonyl (C=O) groups is 2. The summed E-state index contributed by atoms with van der Waals surface area (Å²) in [6, 6.07) is 20.0. The van der Waals surface area contributed by atoms with E-state index in [2.05, 4.69) is 5.32 Å². The van der Waals surface area contributed by atoms with Crippen LogP contribution in [0.4, 0.5) is 0 Å². The summed E-state index contributed by atoms with van der Waals surface area (Å²) in [5.41, 5.74) is 0.853. The maximum Gasteiger partial charge on any atom is 0.290 e. The number of hydrogen-bond donors (Lipinski definition) is 1. The molecule has 1 fully saturated rings. The van der Waals surface area contributed by atoms with Crippen LogP contribution in [0.15, 0.2) is 82.1 Å². The van der Waals surface area contributed by atoms with Crippen molar-refractivity contribution in [2.45, 2.75) is 23.1 Å². The first-order valence-corrected chi connectivity index (χ1v) is 11.6. The number of sulfone groups is 1. The Kier molecular flexibility index (Phi) is 5.90. The van der Waals surface area contributed by atoms with Crippen LogP contribution < -0.4 is 5.32 Å². The molecule has 7 nitrogen and oxygen atoms in total. The van der Waals surface area contributed by atoms with Crippen molar-refractivity contribution < 1.29 is 22.4 Å². The third-order valence-electron chi connectivity index (χ3n) is 5.18. The number of nitrogens with zero attached hydrogens (tertiary/aromatic N) is 1. The lowest BCUT2D eigenvalue weighted by atomic mass is 10.0. The maximum atomic E-state index is 13.2. The lowest BCUT2D eigenvalue weighted by Crippen LogP contribution is -2.36. The van der Waals surface area contributed by atoms with E-state index in [1.165, 1.54) is 24.3 Å². The Morgan fingerprint density at radius 1 is 1.00 bits per heavy atom. The van der Waals surface area contributed by atoms with E-state index in [9.17, 15) is 18.0 Å². The van der Waals surface area contributed by atoms with E-state index >= 15 is 0 Å². The lowest BCUT2D eigenvalue weighted by Gasteiger charge is -2.28. The Morgan fingerprint density at radius 2 is 1.68 bits per heavy atom. The van der Waals surface area contributed by atoms with Crippen molar-refractivity contribution in [2.24, 2.45) is 0 Å². The third-order valence-corrected chi connectivity index (χ3v) is 6.84. The van der Waals surface area contributed by atoms with Crippen molar-refractivity contribution in [3.05, 3.63) is 89.9 Å². The quantitative estimate of drug-likeness (QED) is 0.661. The molecule has 2 aromatic carbocycles. The Hall–Kier alpha value is -3.39. The van der Waals surface area contributed by atoms with Gasteiger partial charge in [0.15, 0.2) is 15.6 Å². The number of hydrogen-bond acceptors (Lipinski definition) is 5. The molecule has 1 N–H and O–H groups in total. The second kappa shape index (κ2) is 8.77. The van der Waals surface area contributed by atoms with Gasteiger partial charge in [-0.15, -0.1) is 0 Å². The summed E-state index contributed by atoms with van der Waals surface area (Å²) >= 11 is 0. The smallest absolute Gasteiger partial charge is 0.290 e. The fraction of sp³-hybridized carbons (Fsp3) is 0.217. The number of amides is 2. The van der Waals surface area contributed by atoms with Crippen LogP contribution in [0.2, 0.25) is 0 Å². The van der Waals surface area contributed by atoms with Gasteiger partial charge in [0.2, 0.25) is 5.91 Å². The van der Waals surface area contributed by atoms with Crippen molar-refractivity contribution in [3.63, 3.8) is 0 Å². The topological polar surface area (TPSA) is 96.7 Å². The van der Waals surface area contributed by atoms with Gasteiger partial charge in [0.1, 0.15) is 11.5 Å². The van der Waals surface area contributed by atoms with Gasteiger partial charge in [0.25, 0.3) is 5.91 Å². The van der Waals surface area contributed by atoms with E-state index in [-0.39, 0.29) is 40.4 Å². The molecule has 0 spiro atoms. The highest BCUT2D eigenvalue weighted by Gasteiger charge is 2.32. The van der Waals surface area contributed by atoms with Gasteiger partial charge in [0, 0.05) is 13.1 Å². The molecule has 160 valence electrons. The van der Waals surface area contributed by atoms with Crippen LogP contribution in [0.1, 0.15) is 34.3 Å². The van der Waals surface area contributed by atoms with Gasteiger partial charge in [-0.3, -0.25) is 9.59 Å². The lowest BCUT2D eigenvalue weighted by molar-refractivity contribution is -0.121. The molecule has 31 heavy (non-hydrogen) atoms. The molecule has 1 atom stereocenters. The van der Waals surface area contributed by atoms with E-state index in [0.29, 0.717) is 13.1 Å². The number of benzene rings is 2. The summed E-state index contributed by atoms with van der Waals surface area (Å²) in [5.74, 6) is -0.611. The van der Waals surface area contributed by atoms with Crippen LogP contribution >= 0.6 is 0 Å². The molecule has 1 aliphatic rings. The molecule has 0 saturated carbocycles. The molecule has 0 radical (unpaired) electrons. The average molecular weight is 439 g/mol. The van der Waals surface area contributed by atoms with Gasteiger partial charge >= 0.3 is 0 Å². The number of nitrogens with one attached hydrogen (secondary N) is 1. The molecule has 1 unspecified atom stereocenters. The van der Waals surface area contributed by atoms with Crippen molar-refractivity contribution >= 4 is 21.7 Å². The largest absolute Gasteiger partial charge is 0.455 e. The summed E-state index contributed by atoms with van der Waals surface area (Å²) in [7, 11) is -3.59. The number of carbonyl (C=O) groups excluding carboxylic acids is 2. The van der Waals surface area contributed by atoms with Gasteiger partial charge in [-0.05, 0) is 29.8 Å². The van der Waals surface area contributed by atoms with E-state index in [1.807, 2.05) is 30.3 Å². The zero-order valence-electron chi connectivity index (χ0n) is 16.7. The molecule has 0 bridgehead atoms. The highest BCUT2D eigenvalue weighted by atomic mass is 32.2. The summed E-state index contributed by atoms with van der Waals surface area (Å²) < 4.78 is 30.8. The molecule has 1 aromatic heterocycles. The minimum absolute atomic E-state index is 0.0496. The Labute approximate surface area is 180 Å². The predicted octanol–water partition coefficient (Wildman–Crippen LogP) is 2.96. The Bertz CT molecular complexity index is 1170. The zero-order chi connectivity index (χ0) is 21.8. The highest BCUT2D eigenvalue weighted by Crippen LogP contribution is 2.28. The Balaban J connectivity index is 1.57. The van der Waals surface area contributed by atoms with E-state index in [4.69, 9.17) is 4.42 Å². The first kappa shape index (κ1) is 20.9. The maximum absolute atomic E-state index is 13.2. The first-order chi connectivity index (χ1) is 14.9. The fourth-order valence-corrected chi connectivity index (χ4v) is 4.92. The standard InChI is InChI=1S/C23H22N2O5S/c26-22-15-20(17-7-3-1-4-8-17)25(14-13-24-22)23(27)21-12-11-18(30-21)16-31(28,29)19-9-5-2-6-10-19/h1-12,20H,13-16H2,(H,24,26). The zero-order valence-corrected chi connectivity index (χ0v) is 17.5. The van der Waals surface area contributed by atoms with E-state index < -0.39 is 15.9 Å². The number of rotatable bonds is 5. The van der Waals surface area contributed by atoms with Gasteiger partial charge < -0.3 is 14.6 Å². The highest BCUT2D eigenvalue weighted by molar-refractivity contribution is 7.90. The normalized spacial score (nSPS) is 17.1. The van der Waals surface area contributed by atoms with Crippen LogP contribution in [0, 0.1) is 0 Å². The van der Waals surface area contributed by atoms with Crippen LogP contribution in [-0.2, 0) is 20.4 Å². The third kappa shape index (κ3) is 4.69. The van der Waals surface area contributed by atoms with E-state index in [1.54, 1.807) is 23.1 Å². The predicted molar refractivity (Wildman–Crippen MR) is 114 cm³/mol. The minimum Gasteiger partial charge on any atom is -0.455 e. The molecule has 3 aromatic rings. The molecule has 0 aliphatic carbocycles.